The smallest absolute Gasteiger partial charge is 0.195 e. The number of pyridine rings is 1. The lowest BCUT2D eigenvalue weighted by atomic mass is 9.84. The number of benzene rings is 2. The number of aromatic nitrogens is 1. The molecule has 0 fully saturated rings. The third kappa shape index (κ3) is 1.40. The van der Waals surface area contributed by atoms with E-state index in [0.717, 1.165) is 27.7 Å². The van der Waals surface area contributed by atoms with Crippen LogP contribution in [0.4, 0.5) is 0 Å². The molecule has 0 atom stereocenters. The van der Waals surface area contributed by atoms with Gasteiger partial charge in [-0.2, -0.15) is 0 Å². The topological polar surface area (TPSA) is 30.0 Å². The molecule has 0 bridgehead atoms. The Kier molecular flexibility index (Phi) is 2.27. The number of nitrogens with zero attached hydrogens (tertiary/aromatic N) is 1. The fourth-order valence-electron chi connectivity index (χ4n) is 2.92. The van der Waals surface area contributed by atoms with Crippen LogP contribution in [0, 0.1) is 6.92 Å². The Morgan fingerprint density at radius 3 is 2.55 bits per heavy atom. The molecular weight excluding hydrogens is 270 g/mol. The van der Waals surface area contributed by atoms with Gasteiger partial charge < -0.3 is 0 Å². The number of aryl methyl sites for hydroxylation is 1. The van der Waals surface area contributed by atoms with Crippen LogP contribution < -0.4 is 0 Å². The lowest BCUT2D eigenvalue weighted by molar-refractivity contribution is 0.104. The van der Waals surface area contributed by atoms with E-state index in [1.54, 1.807) is 6.07 Å². The van der Waals surface area contributed by atoms with E-state index in [2.05, 4.69) is 4.98 Å². The quantitative estimate of drug-likeness (QED) is 0.477. The van der Waals surface area contributed by atoms with Crippen molar-refractivity contribution in [1.29, 1.82) is 0 Å². The van der Waals surface area contributed by atoms with Gasteiger partial charge in [-0.1, -0.05) is 35.9 Å². The van der Waals surface area contributed by atoms with Crippen molar-refractivity contribution in [2.45, 2.75) is 6.92 Å². The van der Waals surface area contributed by atoms with Crippen LogP contribution in [-0.4, -0.2) is 10.8 Å². The Labute approximate surface area is 121 Å². The maximum atomic E-state index is 12.7. The normalized spacial score (nSPS) is 12.6. The second kappa shape index (κ2) is 3.90. The maximum Gasteiger partial charge on any atom is 0.195 e. The molecule has 1 aliphatic rings. The summed E-state index contributed by atoms with van der Waals surface area (Å²) >= 11 is 6.26. The van der Waals surface area contributed by atoms with Crippen molar-refractivity contribution in [1.82, 2.24) is 4.98 Å². The molecule has 20 heavy (non-hydrogen) atoms. The predicted molar refractivity (Wildman–Crippen MR) is 80.4 cm³/mol. The Morgan fingerprint density at radius 2 is 1.75 bits per heavy atom. The molecule has 1 aromatic heterocycles. The summed E-state index contributed by atoms with van der Waals surface area (Å²) in [5.41, 5.74) is 5.04. The van der Waals surface area contributed by atoms with E-state index in [1.807, 2.05) is 43.3 Å². The third-order valence-electron chi connectivity index (χ3n) is 3.74. The molecule has 0 amide bonds. The van der Waals surface area contributed by atoms with Crippen LogP contribution >= 0.6 is 11.6 Å². The predicted octanol–water partition coefficient (Wildman–Crippen LogP) is 4.41. The molecule has 3 heteroatoms. The average Bonchev–Trinajstić information content (AvgIpc) is 2.45. The van der Waals surface area contributed by atoms with Crippen molar-refractivity contribution in [2.24, 2.45) is 0 Å². The van der Waals surface area contributed by atoms with Crippen LogP contribution in [0.3, 0.4) is 0 Å². The van der Waals surface area contributed by atoms with Gasteiger partial charge in [0.05, 0.1) is 16.1 Å². The molecule has 0 unspecified atom stereocenters. The van der Waals surface area contributed by atoms with Gasteiger partial charge in [0, 0.05) is 16.6 Å². The first-order valence-corrected chi connectivity index (χ1v) is 6.78. The van der Waals surface area contributed by atoms with Crippen LogP contribution in [0.25, 0.3) is 22.0 Å². The standard InChI is InChI=1S/C17H10ClNO/c1-9-8-12-10-4-2-3-5-11(10)17(20)16-13(18)6-7-14(19-9)15(12)16/h2-8H,1H3. The second-order valence-corrected chi connectivity index (χ2v) is 5.41. The van der Waals surface area contributed by atoms with Gasteiger partial charge in [0.15, 0.2) is 5.78 Å². The average molecular weight is 280 g/mol. The first-order chi connectivity index (χ1) is 9.66. The van der Waals surface area contributed by atoms with Crippen molar-refractivity contribution in [2.75, 3.05) is 0 Å². The number of hydrogen-bond acceptors (Lipinski definition) is 2. The van der Waals surface area contributed by atoms with Gasteiger partial charge in [0.1, 0.15) is 0 Å². The van der Waals surface area contributed by atoms with Gasteiger partial charge >= 0.3 is 0 Å². The third-order valence-corrected chi connectivity index (χ3v) is 4.06. The first-order valence-electron chi connectivity index (χ1n) is 6.41. The monoisotopic (exact) mass is 279 g/mol. The minimum Gasteiger partial charge on any atom is -0.289 e. The minimum absolute atomic E-state index is 0.0191. The summed E-state index contributed by atoms with van der Waals surface area (Å²) in [6, 6.07) is 13.3. The molecule has 0 saturated carbocycles. The molecule has 1 aliphatic carbocycles. The number of carbonyl (C=O) groups is 1. The molecular formula is C17H10ClNO. The molecule has 0 saturated heterocycles. The van der Waals surface area contributed by atoms with E-state index in [4.69, 9.17) is 11.6 Å². The molecule has 2 aromatic carbocycles. The lowest BCUT2D eigenvalue weighted by Crippen LogP contribution is -2.11. The van der Waals surface area contributed by atoms with Gasteiger partial charge in [-0.15, -0.1) is 0 Å². The number of rotatable bonds is 0. The molecule has 1 heterocycles. The minimum atomic E-state index is -0.0191. The van der Waals surface area contributed by atoms with Gasteiger partial charge in [0.25, 0.3) is 0 Å². The summed E-state index contributed by atoms with van der Waals surface area (Å²) in [6.07, 6.45) is 0. The van der Waals surface area contributed by atoms with E-state index in [1.165, 1.54) is 0 Å². The molecule has 0 aliphatic heterocycles. The highest BCUT2D eigenvalue weighted by Gasteiger charge is 2.27. The summed E-state index contributed by atoms with van der Waals surface area (Å²) in [5, 5.41) is 1.36. The van der Waals surface area contributed by atoms with Crippen LogP contribution in [-0.2, 0) is 0 Å². The molecule has 96 valence electrons. The molecule has 3 aromatic rings. The zero-order chi connectivity index (χ0) is 13.9. The Morgan fingerprint density at radius 1 is 1.00 bits per heavy atom. The number of carbonyl (C=O) groups excluding carboxylic acids is 1. The van der Waals surface area contributed by atoms with Crippen molar-refractivity contribution < 1.29 is 4.79 Å². The summed E-state index contributed by atoms with van der Waals surface area (Å²) in [5.74, 6) is -0.0191. The van der Waals surface area contributed by atoms with E-state index >= 15 is 0 Å². The van der Waals surface area contributed by atoms with Crippen molar-refractivity contribution in [3.05, 3.63) is 64.3 Å². The Hall–Kier alpha value is -2.19. The van der Waals surface area contributed by atoms with Gasteiger partial charge in [-0.25, -0.2) is 0 Å². The lowest BCUT2D eigenvalue weighted by Gasteiger charge is -2.20. The highest BCUT2D eigenvalue weighted by atomic mass is 35.5. The molecule has 0 spiro atoms. The highest BCUT2D eigenvalue weighted by molar-refractivity contribution is 6.39. The molecule has 2 nitrogen and oxygen atoms in total. The van der Waals surface area contributed by atoms with Gasteiger partial charge in [-0.05, 0) is 36.2 Å². The zero-order valence-electron chi connectivity index (χ0n) is 10.8. The van der Waals surface area contributed by atoms with Crippen LogP contribution in [0.1, 0.15) is 21.6 Å². The SMILES string of the molecule is Cc1cc2c3c(c(Cl)ccc3n1)C(=O)c1ccccc1-2. The summed E-state index contributed by atoms with van der Waals surface area (Å²) in [4.78, 5) is 17.2. The van der Waals surface area contributed by atoms with Crippen molar-refractivity contribution in [3.63, 3.8) is 0 Å². The summed E-state index contributed by atoms with van der Waals surface area (Å²) in [6.45, 7) is 1.96. The van der Waals surface area contributed by atoms with Crippen LogP contribution in [0.5, 0.6) is 0 Å². The van der Waals surface area contributed by atoms with E-state index in [0.29, 0.717) is 16.1 Å². The highest BCUT2D eigenvalue weighted by Crippen LogP contribution is 2.41. The number of halogens is 1. The van der Waals surface area contributed by atoms with Crippen LogP contribution in [0.15, 0.2) is 42.5 Å². The molecule has 0 N–H and O–H groups in total. The molecule has 4 rings (SSSR count). The molecule has 0 radical (unpaired) electrons. The second-order valence-electron chi connectivity index (χ2n) is 5.00. The maximum absolute atomic E-state index is 12.7. The van der Waals surface area contributed by atoms with E-state index in [9.17, 15) is 4.79 Å². The van der Waals surface area contributed by atoms with Gasteiger partial charge in [0.2, 0.25) is 0 Å². The Balaban J connectivity index is 2.30. The largest absolute Gasteiger partial charge is 0.289 e. The fourth-order valence-corrected chi connectivity index (χ4v) is 3.16. The van der Waals surface area contributed by atoms with Gasteiger partial charge in [-0.3, -0.25) is 9.78 Å². The van der Waals surface area contributed by atoms with Crippen molar-refractivity contribution >= 4 is 28.3 Å². The zero-order valence-corrected chi connectivity index (χ0v) is 11.5. The summed E-state index contributed by atoms with van der Waals surface area (Å²) < 4.78 is 0. The number of ketones is 1. The van der Waals surface area contributed by atoms with E-state index in [-0.39, 0.29) is 5.78 Å². The van der Waals surface area contributed by atoms with Crippen molar-refractivity contribution in [3.8, 4) is 11.1 Å². The fraction of sp³-hybridized carbons (Fsp3) is 0.0588. The van der Waals surface area contributed by atoms with Crippen LogP contribution in [0.2, 0.25) is 5.02 Å². The summed E-state index contributed by atoms with van der Waals surface area (Å²) in [7, 11) is 0. The van der Waals surface area contributed by atoms with E-state index < -0.39 is 0 Å². The number of fused-ring (bicyclic) bond motifs is 2. The number of hydrogen-bond donors (Lipinski definition) is 0. The Bertz CT molecular complexity index is 899. The first kappa shape index (κ1) is 11.6.